The van der Waals surface area contributed by atoms with E-state index in [1.165, 1.54) is 35.9 Å². The van der Waals surface area contributed by atoms with Gasteiger partial charge in [0.05, 0.1) is 24.4 Å². The summed E-state index contributed by atoms with van der Waals surface area (Å²) in [5.74, 6) is -3.70. The Balaban J connectivity index is 1.35. The van der Waals surface area contributed by atoms with Gasteiger partial charge in [-0.05, 0) is 13.8 Å². The highest BCUT2D eigenvalue weighted by Crippen LogP contribution is 2.46. The molecule has 40 heavy (non-hydrogen) atoms. The third kappa shape index (κ3) is 5.10. The third-order valence-electron chi connectivity index (χ3n) is 8.21. The number of aromatic nitrogens is 1. The number of carbonyl (C=O) groups excluding carboxylic acids is 2. The van der Waals surface area contributed by atoms with Crippen LogP contribution in [0.4, 0.5) is 5.13 Å². The molecular weight excluding hydrogens is 560 g/mol. The second-order valence-electron chi connectivity index (χ2n) is 11.1. The van der Waals surface area contributed by atoms with Crippen LogP contribution in [-0.2, 0) is 24.0 Å². The van der Waals surface area contributed by atoms with Crippen LogP contribution in [0.3, 0.4) is 0 Å². The summed E-state index contributed by atoms with van der Waals surface area (Å²) < 4.78 is 0.859. The molecular formula is C25H33N6O7S2+. The lowest BCUT2D eigenvalue weighted by Crippen LogP contribution is -2.65. The molecule has 5 N–H and O–H groups in total. The number of nitrogens with two attached hydrogens (primary N) is 1. The van der Waals surface area contributed by atoms with Gasteiger partial charge in [0.25, 0.3) is 0 Å². The number of rotatable bonds is 10. The molecule has 3 fully saturated rings. The fourth-order valence-corrected chi connectivity index (χ4v) is 7.95. The zero-order chi connectivity index (χ0) is 28.8. The Morgan fingerprint density at radius 3 is 2.77 bits per heavy atom. The van der Waals surface area contributed by atoms with Crippen LogP contribution in [0.25, 0.3) is 0 Å². The number of amides is 1. The number of carboxylic acids is 2. The van der Waals surface area contributed by atoms with E-state index in [-0.39, 0.29) is 28.7 Å². The standard InChI is InChI=1S/C25H32N6O7S2/c1-25(2,23(36)37)38-29-18(16-12-40-24(26)28-16)17(32)8-15-20(33)30-19(22(34)35)13(11-39-21(15)30)10-31-6-3-4-14(31)9-27-5-7-31/h12,14-15,21,27H,3-11H2,1-2H3,(H3-,26,28,34,35,36,37)/p+1/b29-18-/t14-,15+,21+,31?/m0/s1. The quantitative estimate of drug-likeness (QED) is 0.130. The van der Waals surface area contributed by atoms with Crippen LogP contribution in [0, 0.1) is 5.92 Å². The number of piperazine rings is 1. The Hall–Kier alpha value is -3.01. The van der Waals surface area contributed by atoms with E-state index >= 15 is 0 Å². The summed E-state index contributed by atoms with van der Waals surface area (Å²) >= 11 is 2.55. The predicted octanol–water partition coefficient (Wildman–Crippen LogP) is 0.721. The summed E-state index contributed by atoms with van der Waals surface area (Å²) in [5, 5.41) is 28.0. The number of Topliss-reactive ketones (excluding diaryl/α,β-unsaturated/α-hetero) is 1. The van der Waals surface area contributed by atoms with Gasteiger partial charge in [0.15, 0.2) is 16.6 Å². The molecule has 216 valence electrons. The monoisotopic (exact) mass is 593 g/mol. The van der Waals surface area contributed by atoms with Crippen molar-refractivity contribution in [2.75, 3.05) is 44.2 Å². The summed E-state index contributed by atoms with van der Waals surface area (Å²) in [6.45, 7) is 6.93. The number of nitrogens with one attached hydrogen (secondary N) is 1. The Kier molecular flexibility index (Phi) is 7.67. The number of nitrogen functional groups attached to an aromatic ring is 1. The number of quaternary nitrogens is 1. The summed E-state index contributed by atoms with van der Waals surface area (Å²) in [4.78, 5) is 61.2. The number of oxime groups is 1. The molecule has 1 aromatic heterocycles. The molecule has 0 aliphatic carbocycles. The van der Waals surface area contributed by atoms with Crippen LogP contribution >= 0.6 is 23.1 Å². The second kappa shape index (κ2) is 10.8. The molecule has 13 nitrogen and oxygen atoms in total. The summed E-state index contributed by atoms with van der Waals surface area (Å²) in [5.41, 5.74) is 4.71. The summed E-state index contributed by atoms with van der Waals surface area (Å²) in [6.07, 6.45) is 1.95. The van der Waals surface area contributed by atoms with Crippen molar-refractivity contribution in [1.29, 1.82) is 0 Å². The fraction of sp³-hybridized carbons (Fsp3) is 0.600. The molecule has 5 rings (SSSR count). The van der Waals surface area contributed by atoms with E-state index in [0.717, 1.165) is 60.4 Å². The van der Waals surface area contributed by atoms with Crippen LogP contribution in [0.2, 0.25) is 0 Å². The SMILES string of the molecule is CC(C)(O/N=C(\C(=O)C[C@@H]1C(=O)N2C(C(=O)O)=C(C[N+]34CCC[C@H]3CNCC4)CS[C@H]12)c1csc(N)n1)C(=O)O. The van der Waals surface area contributed by atoms with Gasteiger partial charge < -0.3 is 30.6 Å². The third-order valence-corrected chi connectivity index (χ3v) is 10.3. The number of hydrogen-bond acceptors (Lipinski definition) is 11. The molecule has 0 spiro atoms. The first-order chi connectivity index (χ1) is 18.9. The van der Waals surface area contributed by atoms with Crippen molar-refractivity contribution < 1.29 is 38.7 Å². The van der Waals surface area contributed by atoms with Crippen molar-refractivity contribution in [2.45, 2.75) is 50.1 Å². The van der Waals surface area contributed by atoms with Crippen molar-refractivity contribution in [3.63, 3.8) is 0 Å². The first-order valence-corrected chi connectivity index (χ1v) is 15.1. The van der Waals surface area contributed by atoms with E-state index in [9.17, 15) is 29.4 Å². The lowest BCUT2D eigenvalue weighted by molar-refractivity contribution is -0.936. The minimum Gasteiger partial charge on any atom is -0.478 e. The average Bonchev–Trinajstić information content (AvgIpc) is 3.52. The van der Waals surface area contributed by atoms with Gasteiger partial charge in [0, 0.05) is 49.1 Å². The van der Waals surface area contributed by atoms with Gasteiger partial charge in [0.1, 0.15) is 24.0 Å². The number of fused-ring (bicyclic) bond motifs is 2. The van der Waals surface area contributed by atoms with E-state index in [4.69, 9.17) is 10.6 Å². The maximum atomic E-state index is 13.4. The molecule has 0 radical (unpaired) electrons. The summed E-state index contributed by atoms with van der Waals surface area (Å²) in [6, 6.07) is 0.447. The molecule has 4 aliphatic rings. The van der Waals surface area contributed by atoms with E-state index in [2.05, 4.69) is 15.5 Å². The molecule has 0 aromatic carbocycles. The molecule has 3 saturated heterocycles. The van der Waals surface area contributed by atoms with Crippen molar-refractivity contribution in [1.82, 2.24) is 15.2 Å². The lowest BCUT2D eigenvalue weighted by Gasteiger charge is -2.51. The van der Waals surface area contributed by atoms with Crippen LogP contribution in [-0.4, -0.2) is 109 Å². The largest absolute Gasteiger partial charge is 0.478 e. The Morgan fingerprint density at radius 1 is 1.32 bits per heavy atom. The van der Waals surface area contributed by atoms with Crippen LogP contribution < -0.4 is 11.1 Å². The number of β-lactam (4-membered cyclic amide) rings is 1. The number of aliphatic carboxylic acids is 2. The van der Waals surface area contributed by atoms with Crippen LogP contribution in [0.1, 0.15) is 38.8 Å². The van der Waals surface area contributed by atoms with Gasteiger partial charge in [-0.15, -0.1) is 23.1 Å². The zero-order valence-corrected chi connectivity index (χ0v) is 23.9. The van der Waals surface area contributed by atoms with Crippen LogP contribution in [0.15, 0.2) is 21.8 Å². The van der Waals surface area contributed by atoms with Gasteiger partial charge in [0.2, 0.25) is 11.5 Å². The van der Waals surface area contributed by atoms with Crippen molar-refractivity contribution in [2.24, 2.45) is 11.1 Å². The van der Waals surface area contributed by atoms with Gasteiger partial charge in [-0.25, -0.2) is 14.6 Å². The minimum atomic E-state index is -1.71. The number of carboxylic acid groups (broad SMARTS) is 2. The summed E-state index contributed by atoms with van der Waals surface area (Å²) in [7, 11) is 0. The normalized spacial score (nSPS) is 28.6. The molecule has 4 atom stereocenters. The lowest BCUT2D eigenvalue weighted by atomic mass is 9.89. The number of anilines is 1. The maximum Gasteiger partial charge on any atom is 0.352 e. The van der Waals surface area contributed by atoms with Gasteiger partial charge in [-0.1, -0.05) is 5.16 Å². The topological polar surface area (TPSA) is 185 Å². The Morgan fingerprint density at radius 2 is 2.10 bits per heavy atom. The molecule has 1 unspecified atom stereocenters. The highest BCUT2D eigenvalue weighted by Gasteiger charge is 2.55. The van der Waals surface area contributed by atoms with E-state index in [1.807, 2.05) is 0 Å². The van der Waals surface area contributed by atoms with Gasteiger partial charge >= 0.3 is 11.9 Å². The fourth-order valence-electron chi connectivity index (χ4n) is 6.00. The highest BCUT2D eigenvalue weighted by molar-refractivity contribution is 8.00. The average molecular weight is 594 g/mol. The Labute approximate surface area is 239 Å². The van der Waals surface area contributed by atoms with Gasteiger partial charge in [-0.2, -0.15) is 0 Å². The first-order valence-electron chi connectivity index (χ1n) is 13.1. The number of carbonyl (C=O) groups is 4. The van der Waals surface area contributed by atoms with Crippen molar-refractivity contribution >= 4 is 57.6 Å². The zero-order valence-electron chi connectivity index (χ0n) is 22.3. The molecule has 5 heterocycles. The predicted molar refractivity (Wildman–Crippen MR) is 147 cm³/mol. The molecule has 4 aliphatic heterocycles. The first kappa shape index (κ1) is 28.5. The number of thioether (sulfide) groups is 1. The molecule has 15 heteroatoms. The van der Waals surface area contributed by atoms with E-state index in [1.54, 1.807) is 0 Å². The number of hydrogen-bond donors (Lipinski definition) is 4. The Bertz CT molecular complexity index is 1310. The number of nitrogens with zero attached hydrogens (tertiary/aromatic N) is 4. The van der Waals surface area contributed by atoms with Crippen molar-refractivity contribution in [3.8, 4) is 0 Å². The van der Waals surface area contributed by atoms with Crippen molar-refractivity contribution in [3.05, 3.63) is 22.3 Å². The van der Waals surface area contributed by atoms with E-state index in [0.29, 0.717) is 18.3 Å². The van der Waals surface area contributed by atoms with Crippen LogP contribution in [0.5, 0.6) is 0 Å². The second-order valence-corrected chi connectivity index (χ2v) is 13.1. The molecule has 1 amide bonds. The number of thiazole rings is 1. The highest BCUT2D eigenvalue weighted by atomic mass is 32.2. The minimum absolute atomic E-state index is 0.0434. The van der Waals surface area contributed by atoms with E-state index < -0.39 is 40.5 Å². The van der Waals surface area contributed by atoms with Gasteiger partial charge in [-0.3, -0.25) is 14.5 Å². The maximum absolute atomic E-state index is 13.4. The molecule has 1 aromatic rings. The smallest absolute Gasteiger partial charge is 0.352 e. The number of ketones is 1. The molecule has 0 saturated carbocycles. The molecule has 0 bridgehead atoms.